The predicted octanol–water partition coefficient (Wildman–Crippen LogP) is 1.04. The molecule has 1 saturated heterocycles. The van der Waals surface area contributed by atoms with Gasteiger partial charge < -0.3 is 15.5 Å². The highest BCUT2D eigenvalue weighted by Crippen LogP contribution is 2.22. The molecule has 2 aliphatic heterocycles. The van der Waals surface area contributed by atoms with Gasteiger partial charge in [0.15, 0.2) is 0 Å². The van der Waals surface area contributed by atoms with Crippen LogP contribution in [0.3, 0.4) is 0 Å². The number of oxime groups is 1. The van der Waals surface area contributed by atoms with Gasteiger partial charge in [-0.05, 0) is 25.0 Å². The van der Waals surface area contributed by atoms with E-state index in [0.29, 0.717) is 43.6 Å². The lowest BCUT2D eigenvalue weighted by molar-refractivity contribution is -0.144. The lowest BCUT2D eigenvalue weighted by atomic mass is 9.95. The van der Waals surface area contributed by atoms with Crippen molar-refractivity contribution in [1.29, 1.82) is 0 Å². The van der Waals surface area contributed by atoms with Crippen LogP contribution in [0.15, 0.2) is 29.4 Å². The van der Waals surface area contributed by atoms with Gasteiger partial charge >= 0.3 is 0 Å². The van der Waals surface area contributed by atoms with Crippen LogP contribution < -0.4 is 5.73 Å². The summed E-state index contributed by atoms with van der Waals surface area (Å²) in [6.45, 7) is 0.975. The smallest absolute Gasteiger partial charge is 0.266 e. The number of amides is 2. The number of rotatable bonds is 3. The monoisotopic (exact) mass is 319 g/mol. The molecule has 0 saturated carbocycles. The van der Waals surface area contributed by atoms with Crippen LogP contribution in [0.4, 0.5) is 4.39 Å². The van der Waals surface area contributed by atoms with Crippen molar-refractivity contribution in [2.24, 2.45) is 16.8 Å². The van der Waals surface area contributed by atoms with E-state index in [-0.39, 0.29) is 23.5 Å². The van der Waals surface area contributed by atoms with Gasteiger partial charge in [-0.2, -0.15) is 0 Å². The van der Waals surface area contributed by atoms with E-state index in [1.807, 2.05) is 0 Å². The summed E-state index contributed by atoms with van der Waals surface area (Å²) >= 11 is 0. The molecule has 122 valence electrons. The summed E-state index contributed by atoms with van der Waals surface area (Å²) in [5.74, 6) is -0.981. The fourth-order valence-electron chi connectivity index (χ4n) is 2.94. The second-order valence-electron chi connectivity index (χ2n) is 5.85. The summed E-state index contributed by atoms with van der Waals surface area (Å²) in [5, 5.41) is 3.92. The third-order valence-corrected chi connectivity index (χ3v) is 4.31. The number of piperidine rings is 1. The van der Waals surface area contributed by atoms with Crippen molar-refractivity contribution in [2.45, 2.75) is 25.4 Å². The molecule has 0 unspecified atom stereocenters. The zero-order valence-corrected chi connectivity index (χ0v) is 12.6. The Kier molecular flexibility index (Phi) is 4.27. The molecule has 0 aromatic heterocycles. The zero-order chi connectivity index (χ0) is 16.4. The minimum absolute atomic E-state index is 0.150. The van der Waals surface area contributed by atoms with Gasteiger partial charge in [0, 0.05) is 31.0 Å². The number of carbonyl (C=O) groups is 2. The van der Waals surface area contributed by atoms with Gasteiger partial charge in [0.2, 0.25) is 12.0 Å². The van der Waals surface area contributed by atoms with Gasteiger partial charge in [0.05, 0.1) is 5.71 Å². The molecule has 1 fully saturated rings. The number of benzene rings is 1. The number of likely N-dealkylation sites (tertiary alicyclic amines) is 1. The van der Waals surface area contributed by atoms with Crippen LogP contribution in [0.2, 0.25) is 0 Å². The Hall–Kier alpha value is -2.44. The van der Waals surface area contributed by atoms with E-state index in [2.05, 4.69) is 5.16 Å². The lowest BCUT2D eigenvalue weighted by Crippen LogP contribution is -2.45. The van der Waals surface area contributed by atoms with Crippen molar-refractivity contribution in [1.82, 2.24) is 4.90 Å². The summed E-state index contributed by atoms with van der Waals surface area (Å²) in [4.78, 5) is 30.5. The normalized spacial score (nSPS) is 21.7. The second-order valence-corrected chi connectivity index (χ2v) is 5.85. The zero-order valence-electron chi connectivity index (χ0n) is 12.6. The molecular formula is C16H18FN3O3. The number of halogens is 1. The van der Waals surface area contributed by atoms with E-state index >= 15 is 0 Å². The van der Waals surface area contributed by atoms with Gasteiger partial charge in [0.25, 0.3) is 5.91 Å². The SMILES string of the molecule is NC(=O)C1CCN(C(=O)[C@@H]2CC(c3cccc(F)c3)=NO2)CC1. The molecule has 1 atom stereocenters. The minimum Gasteiger partial charge on any atom is -0.382 e. The van der Waals surface area contributed by atoms with Crippen molar-refractivity contribution in [3.63, 3.8) is 0 Å². The van der Waals surface area contributed by atoms with Crippen LogP contribution in [-0.2, 0) is 14.4 Å². The van der Waals surface area contributed by atoms with Gasteiger partial charge in [-0.25, -0.2) is 4.39 Å². The lowest BCUT2D eigenvalue weighted by Gasteiger charge is -2.31. The summed E-state index contributed by atoms with van der Waals surface area (Å²) in [7, 11) is 0. The Labute approximate surface area is 133 Å². The van der Waals surface area contributed by atoms with Gasteiger partial charge in [-0.1, -0.05) is 17.3 Å². The van der Waals surface area contributed by atoms with Crippen molar-refractivity contribution in [3.8, 4) is 0 Å². The Morgan fingerprint density at radius 1 is 1.30 bits per heavy atom. The molecule has 2 heterocycles. The quantitative estimate of drug-likeness (QED) is 0.903. The first-order valence-electron chi connectivity index (χ1n) is 7.61. The number of carbonyl (C=O) groups excluding carboxylic acids is 2. The summed E-state index contributed by atoms with van der Waals surface area (Å²) in [6, 6.07) is 6.05. The van der Waals surface area contributed by atoms with Crippen LogP contribution in [-0.4, -0.2) is 41.6 Å². The number of primary amides is 1. The highest BCUT2D eigenvalue weighted by Gasteiger charge is 2.34. The molecule has 6 nitrogen and oxygen atoms in total. The highest BCUT2D eigenvalue weighted by molar-refractivity contribution is 6.04. The molecule has 3 rings (SSSR count). The Morgan fingerprint density at radius 3 is 2.70 bits per heavy atom. The first-order valence-corrected chi connectivity index (χ1v) is 7.61. The fourth-order valence-corrected chi connectivity index (χ4v) is 2.94. The van der Waals surface area contributed by atoms with Crippen molar-refractivity contribution in [3.05, 3.63) is 35.6 Å². The van der Waals surface area contributed by atoms with Gasteiger partial charge in [-0.3, -0.25) is 9.59 Å². The molecule has 2 amide bonds. The van der Waals surface area contributed by atoms with Crippen LogP contribution in [0.5, 0.6) is 0 Å². The molecule has 0 radical (unpaired) electrons. The largest absolute Gasteiger partial charge is 0.382 e. The summed E-state index contributed by atoms with van der Waals surface area (Å²) in [5.41, 5.74) is 6.47. The topological polar surface area (TPSA) is 85.0 Å². The average molecular weight is 319 g/mol. The third-order valence-electron chi connectivity index (χ3n) is 4.31. The molecule has 0 bridgehead atoms. The second kappa shape index (κ2) is 6.36. The molecule has 1 aromatic rings. The molecule has 2 N–H and O–H groups in total. The minimum atomic E-state index is -0.682. The fraction of sp³-hybridized carbons (Fsp3) is 0.438. The van der Waals surface area contributed by atoms with E-state index in [1.165, 1.54) is 12.1 Å². The number of hydrogen-bond acceptors (Lipinski definition) is 4. The van der Waals surface area contributed by atoms with Crippen LogP contribution in [0.25, 0.3) is 0 Å². The standard InChI is InChI=1S/C16H18FN3O3/c17-12-3-1-2-11(8-12)13-9-14(23-19-13)16(22)20-6-4-10(5-7-20)15(18)21/h1-3,8,10,14H,4-7,9H2,(H2,18,21)/t14-/m0/s1. The Balaban J connectivity index is 1.58. The van der Waals surface area contributed by atoms with Gasteiger partial charge in [0.1, 0.15) is 5.82 Å². The van der Waals surface area contributed by atoms with Crippen molar-refractivity contribution in [2.75, 3.05) is 13.1 Å². The molecule has 0 spiro atoms. The average Bonchev–Trinajstić information content (AvgIpc) is 3.04. The molecule has 0 aliphatic carbocycles. The molecule has 2 aliphatic rings. The highest BCUT2D eigenvalue weighted by atomic mass is 19.1. The Bertz CT molecular complexity index is 654. The molecule has 7 heteroatoms. The van der Waals surface area contributed by atoms with Crippen LogP contribution >= 0.6 is 0 Å². The summed E-state index contributed by atoms with van der Waals surface area (Å²) < 4.78 is 13.3. The van der Waals surface area contributed by atoms with E-state index in [0.717, 1.165) is 0 Å². The maximum absolute atomic E-state index is 13.3. The Morgan fingerprint density at radius 2 is 2.04 bits per heavy atom. The third kappa shape index (κ3) is 3.33. The molecular weight excluding hydrogens is 301 g/mol. The molecule has 1 aromatic carbocycles. The predicted molar refractivity (Wildman–Crippen MR) is 80.9 cm³/mol. The first kappa shape index (κ1) is 15.5. The summed E-state index contributed by atoms with van der Waals surface area (Å²) in [6.07, 6.45) is 0.785. The van der Waals surface area contributed by atoms with Crippen molar-refractivity contribution < 1.29 is 18.8 Å². The molecule has 23 heavy (non-hydrogen) atoms. The maximum Gasteiger partial charge on any atom is 0.266 e. The van der Waals surface area contributed by atoms with Crippen molar-refractivity contribution >= 4 is 17.5 Å². The van der Waals surface area contributed by atoms with E-state index in [4.69, 9.17) is 10.6 Å². The van der Waals surface area contributed by atoms with Crippen LogP contribution in [0.1, 0.15) is 24.8 Å². The van der Waals surface area contributed by atoms with E-state index in [1.54, 1.807) is 17.0 Å². The van der Waals surface area contributed by atoms with E-state index in [9.17, 15) is 14.0 Å². The number of nitrogens with zero attached hydrogens (tertiary/aromatic N) is 2. The number of hydrogen-bond donors (Lipinski definition) is 1. The maximum atomic E-state index is 13.3. The van der Waals surface area contributed by atoms with Gasteiger partial charge in [-0.15, -0.1) is 0 Å². The van der Waals surface area contributed by atoms with Crippen LogP contribution in [0, 0.1) is 11.7 Å². The van der Waals surface area contributed by atoms with E-state index < -0.39 is 6.10 Å². The number of nitrogens with two attached hydrogens (primary N) is 1. The first-order chi connectivity index (χ1) is 11.0.